The number of sulfone groups is 1. The minimum Gasteiger partial charge on any atom is -0.334 e. The zero-order valence-corrected chi connectivity index (χ0v) is 15.7. The Morgan fingerprint density at radius 2 is 2.04 bits per heavy atom. The normalized spacial score (nSPS) is 19.1. The van der Waals surface area contributed by atoms with Crippen molar-refractivity contribution in [1.29, 1.82) is 0 Å². The van der Waals surface area contributed by atoms with Crippen LogP contribution in [0.4, 0.5) is 4.39 Å². The standard InChI is InChI=1S/C17H19FN2O3S2/c1-3-20(14-8-9-25(22,23)10-14)17(21)15-11(2)19-16(24-15)12-4-6-13(18)7-5-12/h4-7,14H,3,8-10H2,1-2H3. The molecular weight excluding hydrogens is 363 g/mol. The third-order valence-corrected chi connectivity index (χ3v) is 7.28. The van der Waals surface area contributed by atoms with E-state index < -0.39 is 9.84 Å². The van der Waals surface area contributed by atoms with Crippen molar-refractivity contribution >= 4 is 27.1 Å². The summed E-state index contributed by atoms with van der Waals surface area (Å²) >= 11 is 1.25. The van der Waals surface area contributed by atoms with E-state index in [0.717, 1.165) is 5.56 Å². The highest BCUT2D eigenvalue weighted by Crippen LogP contribution is 2.30. The van der Waals surface area contributed by atoms with Gasteiger partial charge in [-0.2, -0.15) is 0 Å². The fourth-order valence-corrected chi connectivity index (χ4v) is 5.79. The Balaban J connectivity index is 1.87. The van der Waals surface area contributed by atoms with E-state index in [9.17, 15) is 17.6 Å². The molecule has 1 aliphatic heterocycles. The van der Waals surface area contributed by atoms with Crippen LogP contribution in [0.25, 0.3) is 10.6 Å². The first-order chi connectivity index (χ1) is 11.8. The number of aryl methyl sites for hydroxylation is 1. The second-order valence-corrected chi connectivity index (χ2v) is 9.32. The molecule has 1 amide bonds. The molecule has 0 saturated carbocycles. The van der Waals surface area contributed by atoms with Gasteiger partial charge in [-0.15, -0.1) is 11.3 Å². The molecule has 1 aromatic heterocycles. The number of carbonyl (C=O) groups is 1. The van der Waals surface area contributed by atoms with E-state index in [4.69, 9.17) is 0 Å². The fraction of sp³-hybridized carbons (Fsp3) is 0.412. The lowest BCUT2D eigenvalue weighted by Gasteiger charge is -2.26. The average molecular weight is 382 g/mol. The Morgan fingerprint density at radius 3 is 2.60 bits per heavy atom. The van der Waals surface area contributed by atoms with Gasteiger partial charge in [0, 0.05) is 18.2 Å². The second-order valence-electron chi connectivity index (χ2n) is 6.09. The lowest BCUT2D eigenvalue weighted by Crippen LogP contribution is -2.40. The summed E-state index contributed by atoms with van der Waals surface area (Å²) in [6, 6.07) is 5.69. The maximum absolute atomic E-state index is 13.1. The van der Waals surface area contributed by atoms with Gasteiger partial charge in [0.25, 0.3) is 5.91 Å². The highest BCUT2D eigenvalue weighted by Gasteiger charge is 2.35. The molecule has 134 valence electrons. The number of amides is 1. The smallest absolute Gasteiger partial charge is 0.266 e. The molecule has 1 unspecified atom stereocenters. The van der Waals surface area contributed by atoms with Gasteiger partial charge in [-0.05, 0) is 44.5 Å². The molecule has 5 nitrogen and oxygen atoms in total. The lowest BCUT2D eigenvalue weighted by molar-refractivity contribution is 0.0712. The molecule has 0 N–H and O–H groups in total. The van der Waals surface area contributed by atoms with E-state index in [-0.39, 0.29) is 29.3 Å². The zero-order valence-electron chi connectivity index (χ0n) is 14.0. The average Bonchev–Trinajstić information content (AvgIpc) is 3.11. The Hall–Kier alpha value is -1.80. The second kappa shape index (κ2) is 6.84. The summed E-state index contributed by atoms with van der Waals surface area (Å²) in [7, 11) is -3.06. The number of rotatable bonds is 4. The molecule has 1 aliphatic rings. The van der Waals surface area contributed by atoms with Crippen LogP contribution < -0.4 is 0 Å². The number of aromatic nitrogens is 1. The molecule has 8 heteroatoms. The maximum atomic E-state index is 13.1. The number of nitrogens with zero attached hydrogens (tertiary/aromatic N) is 2. The Bertz CT molecular complexity index is 891. The van der Waals surface area contributed by atoms with E-state index in [1.54, 1.807) is 24.0 Å². The molecule has 0 bridgehead atoms. The molecule has 2 heterocycles. The number of halogens is 1. The zero-order chi connectivity index (χ0) is 18.2. The maximum Gasteiger partial charge on any atom is 0.266 e. The summed E-state index contributed by atoms with van der Waals surface area (Å²) in [4.78, 5) is 19.5. The predicted molar refractivity (Wildman–Crippen MR) is 96.0 cm³/mol. The van der Waals surface area contributed by atoms with E-state index >= 15 is 0 Å². The van der Waals surface area contributed by atoms with Gasteiger partial charge in [0.05, 0.1) is 17.2 Å². The number of thiazole rings is 1. The molecular formula is C17H19FN2O3S2. The minimum atomic E-state index is -3.06. The summed E-state index contributed by atoms with van der Waals surface area (Å²) in [6.07, 6.45) is 0.477. The van der Waals surface area contributed by atoms with Crippen LogP contribution in [0.5, 0.6) is 0 Å². The van der Waals surface area contributed by atoms with Crippen molar-refractivity contribution in [2.75, 3.05) is 18.1 Å². The van der Waals surface area contributed by atoms with Crippen LogP contribution >= 0.6 is 11.3 Å². The summed E-state index contributed by atoms with van der Waals surface area (Å²) in [5.74, 6) is -0.361. The molecule has 1 atom stereocenters. The number of hydrogen-bond acceptors (Lipinski definition) is 5. The number of hydrogen-bond donors (Lipinski definition) is 0. The molecule has 1 aromatic carbocycles. The summed E-state index contributed by atoms with van der Waals surface area (Å²) < 4.78 is 36.5. The van der Waals surface area contributed by atoms with Gasteiger partial charge in [-0.1, -0.05) is 0 Å². The van der Waals surface area contributed by atoms with Crippen LogP contribution in [0.3, 0.4) is 0 Å². The highest BCUT2D eigenvalue weighted by molar-refractivity contribution is 7.91. The van der Waals surface area contributed by atoms with E-state index in [0.29, 0.717) is 28.5 Å². The van der Waals surface area contributed by atoms with Crippen LogP contribution in [0.1, 0.15) is 28.7 Å². The van der Waals surface area contributed by atoms with E-state index in [2.05, 4.69) is 4.98 Å². The predicted octanol–water partition coefficient (Wildman–Crippen LogP) is 2.91. The molecule has 25 heavy (non-hydrogen) atoms. The van der Waals surface area contributed by atoms with Gasteiger partial charge in [-0.25, -0.2) is 17.8 Å². The van der Waals surface area contributed by atoms with Crippen LogP contribution in [0.15, 0.2) is 24.3 Å². The van der Waals surface area contributed by atoms with E-state index in [1.807, 2.05) is 6.92 Å². The largest absolute Gasteiger partial charge is 0.334 e. The molecule has 0 radical (unpaired) electrons. The fourth-order valence-electron chi connectivity index (χ4n) is 3.03. The van der Waals surface area contributed by atoms with Crippen LogP contribution in [-0.2, 0) is 9.84 Å². The molecule has 1 fully saturated rings. The van der Waals surface area contributed by atoms with Crippen LogP contribution in [0, 0.1) is 12.7 Å². The minimum absolute atomic E-state index is 0.0231. The van der Waals surface area contributed by atoms with Crippen molar-refractivity contribution in [3.05, 3.63) is 40.7 Å². The number of carbonyl (C=O) groups excluding carboxylic acids is 1. The van der Waals surface area contributed by atoms with Gasteiger partial charge in [0.2, 0.25) is 0 Å². The van der Waals surface area contributed by atoms with Crippen molar-refractivity contribution < 1.29 is 17.6 Å². The van der Waals surface area contributed by atoms with E-state index in [1.165, 1.54) is 23.5 Å². The Morgan fingerprint density at radius 1 is 1.36 bits per heavy atom. The van der Waals surface area contributed by atoms with Crippen molar-refractivity contribution in [3.8, 4) is 10.6 Å². The quantitative estimate of drug-likeness (QED) is 0.815. The third-order valence-electron chi connectivity index (χ3n) is 4.33. The summed E-state index contributed by atoms with van der Waals surface area (Å²) in [5.41, 5.74) is 1.36. The molecule has 2 aromatic rings. The number of benzene rings is 1. The topological polar surface area (TPSA) is 67.3 Å². The Kier molecular flexibility index (Phi) is 4.92. The first kappa shape index (κ1) is 18.0. The first-order valence-electron chi connectivity index (χ1n) is 8.05. The van der Waals surface area contributed by atoms with Crippen LogP contribution in [0.2, 0.25) is 0 Å². The third kappa shape index (κ3) is 3.74. The van der Waals surface area contributed by atoms with Crippen molar-refractivity contribution in [1.82, 2.24) is 9.88 Å². The summed E-state index contributed by atoms with van der Waals surface area (Å²) in [6.45, 7) is 4.05. The van der Waals surface area contributed by atoms with Crippen molar-refractivity contribution in [2.24, 2.45) is 0 Å². The molecule has 0 spiro atoms. The molecule has 3 rings (SSSR count). The van der Waals surface area contributed by atoms with Gasteiger partial charge in [0.15, 0.2) is 9.84 Å². The lowest BCUT2D eigenvalue weighted by atomic mass is 10.2. The SMILES string of the molecule is CCN(C(=O)c1sc(-c2ccc(F)cc2)nc1C)C1CCS(=O)(=O)C1. The van der Waals surface area contributed by atoms with Crippen LogP contribution in [-0.4, -0.2) is 48.3 Å². The first-order valence-corrected chi connectivity index (χ1v) is 10.7. The van der Waals surface area contributed by atoms with Gasteiger partial charge in [-0.3, -0.25) is 4.79 Å². The molecule has 0 aliphatic carbocycles. The molecule has 1 saturated heterocycles. The van der Waals surface area contributed by atoms with Crippen molar-refractivity contribution in [2.45, 2.75) is 26.3 Å². The van der Waals surface area contributed by atoms with Gasteiger partial charge in [0.1, 0.15) is 15.7 Å². The van der Waals surface area contributed by atoms with Gasteiger partial charge < -0.3 is 4.90 Å². The van der Waals surface area contributed by atoms with Gasteiger partial charge >= 0.3 is 0 Å². The van der Waals surface area contributed by atoms with Crippen molar-refractivity contribution in [3.63, 3.8) is 0 Å². The Labute approximate surface area is 150 Å². The monoisotopic (exact) mass is 382 g/mol. The summed E-state index contributed by atoms with van der Waals surface area (Å²) in [5, 5.41) is 0.649. The highest BCUT2D eigenvalue weighted by atomic mass is 32.2.